The van der Waals surface area contributed by atoms with E-state index in [1.165, 1.54) is 5.01 Å². The lowest BCUT2D eigenvalue weighted by Crippen LogP contribution is -2.17. The molecular weight excluding hydrogens is 408 g/mol. The number of aromatic nitrogens is 1. The Hall–Kier alpha value is -3.70. The molecule has 1 aliphatic rings. The van der Waals surface area contributed by atoms with Crippen LogP contribution in [0.4, 0.5) is 11.4 Å². The minimum atomic E-state index is -0.137. The fourth-order valence-electron chi connectivity index (χ4n) is 3.91. The molecule has 2 heterocycles. The van der Waals surface area contributed by atoms with Crippen LogP contribution in [0.2, 0.25) is 5.02 Å². The number of carbonyl (C=O) groups is 1. The number of rotatable bonds is 5. The summed E-state index contributed by atoms with van der Waals surface area (Å²) in [5, 5.41) is 11.2. The van der Waals surface area contributed by atoms with Crippen molar-refractivity contribution < 1.29 is 4.79 Å². The van der Waals surface area contributed by atoms with Gasteiger partial charge in [-0.05, 0) is 47.5 Å². The number of fused-ring (bicyclic) bond motifs is 1. The minimum absolute atomic E-state index is 0.137. The van der Waals surface area contributed by atoms with Crippen molar-refractivity contribution >= 4 is 46.0 Å². The van der Waals surface area contributed by atoms with E-state index in [-0.39, 0.29) is 6.04 Å². The van der Waals surface area contributed by atoms with E-state index in [2.05, 4.69) is 21.5 Å². The number of hydrogen-bond donors (Lipinski definition) is 1. The first-order valence-electron chi connectivity index (χ1n) is 9.99. The summed E-state index contributed by atoms with van der Waals surface area (Å²) in [7, 11) is 0. The first-order chi connectivity index (χ1) is 15.2. The van der Waals surface area contributed by atoms with E-state index >= 15 is 0 Å². The Kier molecular flexibility index (Phi) is 5.10. The van der Waals surface area contributed by atoms with Gasteiger partial charge in [0.25, 0.3) is 0 Å². The lowest BCUT2D eigenvalue weighted by atomic mass is 9.98. The number of amides is 1. The summed E-state index contributed by atoms with van der Waals surface area (Å²) in [6.07, 6.45) is 3.22. The molecule has 1 unspecified atom stereocenters. The number of hydrazone groups is 1. The van der Waals surface area contributed by atoms with Gasteiger partial charge in [0, 0.05) is 34.4 Å². The van der Waals surface area contributed by atoms with Crippen LogP contribution in [0.1, 0.15) is 23.6 Å². The average Bonchev–Trinajstić information content (AvgIpc) is 3.24. The average molecular weight is 427 g/mol. The van der Waals surface area contributed by atoms with Gasteiger partial charge in [-0.2, -0.15) is 5.10 Å². The molecule has 0 saturated heterocycles. The molecule has 0 radical (unpaired) electrons. The molecule has 1 N–H and O–H groups in total. The van der Waals surface area contributed by atoms with E-state index < -0.39 is 0 Å². The standard InChI is InChI=1S/C25H19ClN4O/c26-19-9-10-21-22(11-12-27-24(21)14-19)28-20-8-4-7-18(13-20)25-15-23(29-30(25)16-31)17-5-2-1-3-6-17/h1-14,16,25H,15H2,(H,27,28). The molecule has 1 atom stereocenters. The molecule has 3 aromatic carbocycles. The van der Waals surface area contributed by atoms with Crippen molar-refractivity contribution in [3.8, 4) is 0 Å². The SMILES string of the molecule is O=CN1N=C(c2ccccc2)CC1c1cccc(Nc2ccnc3cc(Cl)ccc23)c1. The molecule has 1 aromatic heterocycles. The highest BCUT2D eigenvalue weighted by Crippen LogP contribution is 2.34. The van der Waals surface area contributed by atoms with Crippen molar-refractivity contribution in [2.45, 2.75) is 12.5 Å². The molecule has 0 aliphatic carbocycles. The number of pyridine rings is 1. The van der Waals surface area contributed by atoms with Gasteiger partial charge in [-0.15, -0.1) is 0 Å². The summed E-state index contributed by atoms with van der Waals surface area (Å²) in [6.45, 7) is 0. The Morgan fingerprint density at radius 3 is 2.71 bits per heavy atom. The normalized spacial score (nSPS) is 15.7. The van der Waals surface area contributed by atoms with Crippen molar-refractivity contribution in [1.29, 1.82) is 0 Å². The third-order valence-corrected chi connectivity index (χ3v) is 5.65. The van der Waals surface area contributed by atoms with Crippen LogP contribution in [-0.4, -0.2) is 22.1 Å². The van der Waals surface area contributed by atoms with E-state index in [1.54, 1.807) is 6.20 Å². The smallest absolute Gasteiger partial charge is 0.230 e. The second-order valence-corrected chi connectivity index (χ2v) is 7.82. The lowest BCUT2D eigenvalue weighted by molar-refractivity contribution is -0.119. The summed E-state index contributed by atoms with van der Waals surface area (Å²) < 4.78 is 0. The molecule has 0 saturated carbocycles. The Bertz CT molecular complexity index is 1290. The predicted octanol–water partition coefficient (Wildman–Crippen LogP) is 5.94. The summed E-state index contributed by atoms with van der Waals surface area (Å²) >= 11 is 6.10. The van der Waals surface area contributed by atoms with Gasteiger partial charge in [-0.1, -0.05) is 54.1 Å². The van der Waals surface area contributed by atoms with E-state index in [4.69, 9.17) is 11.6 Å². The van der Waals surface area contributed by atoms with E-state index in [0.29, 0.717) is 11.4 Å². The topological polar surface area (TPSA) is 57.6 Å². The Balaban J connectivity index is 1.43. The van der Waals surface area contributed by atoms with Gasteiger partial charge >= 0.3 is 0 Å². The monoisotopic (exact) mass is 426 g/mol. The number of nitrogens with one attached hydrogen (secondary N) is 1. The van der Waals surface area contributed by atoms with Crippen molar-refractivity contribution in [2.75, 3.05) is 5.32 Å². The van der Waals surface area contributed by atoms with Crippen LogP contribution in [0.25, 0.3) is 10.9 Å². The van der Waals surface area contributed by atoms with Gasteiger partial charge in [-0.3, -0.25) is 9.78 Å². The van der Waals surface area contributed by atoms with Gasteiger partial charge < -0.3 is 5.32 Å². The molecular formula is C25H19ClN4O. The number of anilines is 2. The summed E-state index contributed by atoms with van der Waals surface area (Å²) in [4.78, 5) is 16.1. The molecule has 5 rings (SSSR count). The van der Waals surface area contributed by atoms with Gasteiger partial charge in [0.1, 0.15) is 0 Å². The highest BCUT2D eigenvalue weighted by molar-refractivity contribution is 6.31. The van der Waals surface area contributed by atoms with Crippen molar-refractivity contribution in [3.63, 3.8) is 0 Å². The van der Waals surface area contributed by atoms with Crippen LogP contribution < -0.4 is 5.32 Å². The fraction of sp³-hybridized carbons (Fsp3) is 0.0800. The Morgan fingerprint density at radius 2 is 1.87 bits per heavy atom. The first kappa shape index (κ1) is 19.3. The largest absolute Gasteiger partial charge is 0.355 e. The van der Waals surface area contributed by atoms with E-state index in [9.17, 15) is 4.79 Å². The molecule has 0 spiro atoms. The number of carbonyl (C=O) groups excluding carboxylic acids is 1. The van der Waals surface area contributed by atoms with Crippen molar-refractivity contribution in [2.24, 2.45) is 5.10 Å². The molecule has 1 amide bonds. The third-order valence-electron chi connectivity index (χ3n) is 5.41. The van der Waals surface area contributed by atoms with Crippen LogP contribution >= 0.6 is 11.6 Å². The highest BCUT2D eigenvalue weighted by Gasteiger charge is 2.28. The summed E-state index contributed by atoms with van der Waals surface area (Å²) in [5.41, 5.74) is 5.67. The van der Waals surface area contributed by atoms with Gasteiger partial charge in [0.05, 0.1) is 17.3 Å². The highest BCUT2D eigenvalue weighted by atomic mass is 35.5. The van der Waals surface area contributed by atoms with Crippen LogP contribution in [0.3, 0.4) is 0 Å². The second-order valence-electron chi connectivity index (χ2n) is 7.39. The summed E-state index contributed by atoms with van der Waals surface area (Å²) in [5.74, 6) is 0. The Morgan fingerprint density at radius 1 is 1.00 bits per heavy atom. The zero-order valence-electron chi connectivity index (χ0n) is 16.6. The van der Waals surface area contributed by atoms with Crippen molar-refractivity contribution in [1.82, 2.24) is 9.99 Å². The van der Waals surface area contributed by atoms with E-state index in [1.807, 2.05) is 72.8 Å². The van der Waals surface area contributed by atoms with Gasteiger partial charge in [0.2, 0.25) is 6.41 Å². The zero-order valence-corrected chi connectivity index (χ0v) is 17.3. The van der Waals surface area contributed by atoms with Crippen molar-refractivity contribution in [3.05, 3.63) is 101 Å². The molecule has 152 valence electrons. The number of nitrogens with zero attached hydrogens (tertiary/aromatic N) is 3. The number of halogens is 1. The van der Waals surface area contributed by atoms with Crippen LogP contribution in [-0.2, 0) is 4.79 Å². The Labute approximate surface area is 185 Å². The molecule has 6 heteroatoms. The third kappa shape index (κ3) is 3.88. The maximum Gasteiger partial charge on any atom is 0.230 e. The molecule has 5 nitrogen and oxygen atoms in total. The van der Waals surface area contributed by atoms with Crippen LogP contribution in [0.15, 0.2) is 90.2 Å². The second kappa shape index (κ2) is 8.20. The molecule has 1 aliphatic heterocycles. The van der Waals surface area contributed by atoms with Crippen LogP contribution in [0.5, 0.6) is 0 Å². The van der Waals surface area contributed by atoms with E-state index in [0.717, 1.165) is 45.5 Å². The quantitative estimate of drug-likeness (QED) is 0.402. The lowest BCUT2D eigenvalue weighted by Gasteiger charge is -2.19. The molecule has 0 fully saturated rings. The molecule has 4 aromatic rings. The molecule has 0 bridgehead atoms. The maximum absolute atomic E-state index is 11.7. The predicted molar refractivity (Wildman–Crippen MR) is 125 cm³/mol. The zero-order chi connectivity index (χ0) is 21.2. The number of hydrogen-bond acceptors (Lipinski definition) is 4. The van der Waals surface area contributed by atoms with Crippen LogP contribution in [0, 0.1) is 0 Å². The number of benzene rings is 3. The molecule has 31 heavy (non-hydrogen) atoms. The van der Waals surface area contributed by atoms with Gasteiger partial charge in [0.15, 0.2) is 0 Å². The van der Waals surface area contributed by atoms with Gasteiger partial charge in [-0.25, -0.2) is 5.01 Å². The minimum Gasteiger partial charge on any atom is -0.355 e. The fourth-order valence-corrected chi connectivity index (χ4v) is 4.08. The summed E-state index contributed by atoms with van der Waals surface area (Å²) in [6, 6.07) is 25.5. The maximum atomic E-state index is 11.7. The first-order valence-corrected chi connectivity index (χ1v) is 10.4.